The first-order chi connectivity index (χ1) is 10.0. The molecule has 0 aliphatic carbocycles. The lowest BCUT2D eigenvalue weighted by Crippen LogP contribution is -2.55. The number of ether oxygens (including phenoxy) is 1. The average molecular weight is 294 g/mol. The van der Waals surface area contributed by atoms with Crippen LogP contribution in [0.25, 0.3) is 0 Å². The van der Waals surface area contributed by atoms with Crippen molar-refractivity contribution in [2.75, 3.05) is 43.5 Å². The highest BCUT2D eigenvalue weighted by molar-refractivity contribution is 5.39. The molecule has 0 bridgehead atoms. The summed E-state index contributed by atoms with van der Waals surface area (Å²) >= 11 is 0. The fraction of sp³-hybridized carbons (Fsp3) is 0.786. The van der Waals surface area contributed by atoms with Crippen LogP contribution in [0.1, 0.15) is 27.7 Å². The van der Waals surface area contributed by atoms with Gasteiger partial charge in [-0.15, -0.1) is 0 Å². The molecule has 0 amide bonds. The molecular formula is C14H26N6O. The normalized spacial score (nSPS) is 23.2. The van der Waals surface area contributed by atoms with E-state index in [1.807, 2.05) is 13.8 Å². The number of nitrogens with one attached hydrogen (secondary N) is 1. The van der Waals surface area contributed by atoms with Gasteiger partial charge in [-0.1, -0.05) is 0 Å². The van der Waals surface area contributed by atoms with Crippen molar-refractivity contribution in [2.24, 2.45) is 0 Å². The first-order valence-corrected chi connectivity index (χ1v) is 7.64. The molecule has 7 heteroatoms. The molecule has 1 fully saturated rings. The van der Waals surface area contributed by atoms with Crippen molar-refractivity contribution in [3.63, 3.8) is 0 Å². The van der Waals surface area contributed by atoms with E-state index in [1.165, 1.54) is 0 Å². The van der Waals surface area contributed by atoms with Gasteiger partial charge in [0.2, 0.25) is 11.9 Å². The first kappa shape index (κ1) is 15.8. The highest BCUT2D eigenvalue weighted by Crippen LogP contribution is 2.20. The highest BCUT2D eigenvalue weighted by atomic mass is 16.5. The van der Waals surface area contributed by atoms with Crippen LogP contribution in [-0.4, -0.2) is 65.2 Å². The third-order valence-corrected chi connectivity index (χ3v) is 3.85. The maximum absolute atomic E-state index is 5.46. The van der Waals surface area contributed by atoms with E-state index in [9.17, 15) is 0 Å². The molecule has 1 saturated heterocycles. The molecule has 118 valence electrons. The molecule has 2 heterocycles. The van der Waals surface area contributed by atoms with Gasteiger partial charge in [0.25, 0.3) is 0 Å². The van der Waals surface area contributed by atoms with Crippen molar-refractivity contribution >= 4 is 11.9 Å². The molecule has 1 aromatic rings. The number of rotatable bonds is 5. The summed E-state index contributed by atoms with van der Waals surface area (Å²) in [5.74, 6) is 1.27. The Morgan fingerprint density at radius 3 is 2.38 bits per heavy atom. The van der Waals surface area contributed by atoms with E-state index in [-0.39, 0.29) is 0 Å². The summed E-state index contributed by atoms with van der Waals surface area (Å²) < 4.78 is 5.46. The average Bonchev–Trinajstić information content (AvgIpc) is 2.44. The van der Waals surface area contributed by atoms with Crippen LogP contribution in [0.2, 0.25) is 0 Å². The zero-order valence-corrected chi connectivity index (χ0v) is 13.6. The summed E-state index contributed by atoms with van der Waals surface area (Å²) in [4.78, 5) is 17.8. The maximum Gasteiger partial charge on any atom is 0.323 e. The van der Waals surface area contributed by atoms with E-state index < -0.39 is 0 Å². The predicted octanol–water partition coefficient (Wildman–Crippen LogP) is 1.23. The van der Waals surface area contributed by atoms with Crippen molar-refractivity contribution in [3.05, 3.63) is 0 Å². The third kappa shape index (κ3) is 3.72. The standard InChI is InChI=1S/C14H26N6O/c1-6-15-12-16-13(18-14(17-12)21-7-2)20-8-10(3)19(5)11(4)9-20/h10-11H,6-9H2,1-5H3,(H,15,16,17,18). The smallest absolute Gasteiger partial charge is 0.323 e. The minimum Gasteiger partial charge on any atom is -0.464 e. The van der Waals surface area contributed by atoms with Crippen LogP contribution in [0.3, 0.4) is 0 Å². The van der Waals surface area contributed by atoms with Gasteiger partial charge in [0.15, 0.2) is 0 Å². The van der Waals surface area contributed by atoms with Gasteiger partial charge in [-0.3, -0.25) is 4.90 Å². The van der Waals surface area contributed by atoms with Gasteiger partial charge in [-0.25, -0.2) is 0 Å². The van der Waals surface area contributed by atoms with Crippen molar-refractivity contribution in [1.82, 2.24) is 19.9 Å². The van der Waals surface area contributed by atoms with Crippen LogP contribution in [0, 0.1) is 0 Å². The fourth-order valence-electron chi connectivity index (χ4n) is 2.49. The van der Waals surface area contributed by atoms with Crippen LogP contribution < -0.4 is 15.0 Å². The number of aromatic nitrogens is 3. The Balaban J connectivity index is 2.25. The molecule has 2 rings (SSSR count). The monoisotopic (exact) mass is 294 g/mol. The summed E-state index contributed by atoms with van der Waals surface area (Å²) in [6, 6.07) is 1.31. The Morgan fingerprint density at radius 1 is 1.14 bits per heavy atom. The minimum atomic E-state index is 0.387. The van der Waals surface area contributed by atoms with Gasteiger partial charge in [-0.05, 0) is 34.7 Å². The zero-order valence-electron chi connectivity index (χ0n) is 13.6. The van der Waals surface area contributed by atoms with E-state index in [4.69, 9.17) is 4.74 Å². The SMILES string of the molecule is CCNc1nc(OCC)nc(N2CC(C)N(C)C(C)C2)n1. The molecule has 21 heavy (non-hydrogen) atoms. The lowest BCUT2D eigenvalue weighted by molar-refractivity contribution is 0.169. The van der Waals surface area contributed by atoms with Gasteiger partial charge in [0.05, 0.1) is 6.61 Å². The molecule has 2 unspecified atom stereocenters. The summed E-state index contributed by atoms with van der Waals surface area (Å²) in [6.45, 7) is 11.5. The predicted molar refractivity (Wildman–Crippen MR) is 84.1 cm³/mol. The Kier molecular flexibility index (Phi) is 5.17. The molecular weight excluding hydrogens is 268 g/mol. The van der Waals surface area contributed by atoms with Crippen molar-refractivity contribution < 1.29 is 4.74 Å². The lowest BCUT2D eigenvalue weighted by atomic mass is 10.1. The van der Waals surface area contributed by atoms with E-state index in [2.05, 4.69) is 51.0 Å². The molecule has 1 aliphatic rings. The van der Waals surface area contributed by atoms with Crippen LogP contribution >= 0.6 is 0 Å². The Labute approximate surface area is 126 Å². The van der Waals surface area contributed by atoms with E-state index in [0.29, 0.717) is 36.6 Å². The maximum atomic E-state index is 5.46. The number of piperazine rings is 1. The fourth-order valence-corrected chi connectivity index (χ4v) is 2.49. The second kappa shape index (κ2) is 6.89. The van der Waals surface area contributed by atoms with Gasteiger partial charge in [0.1, 0.15) is 0 Å². The van der Waals surface area contributed by atoms with E-state index in [0.717, 1.165) is 19.6 Å². The number of hydrogen-bond donors (Lipinski definition) is 1. The molecule has 1 aromatic heterocycles. The lowest BCUT2D eigenvalue weighted by Gasteiger charge is -2.42. The topological polar surface area (TPSA) is 66.4 Å². The van der Waals surface area contributed by atoms with Crippen molar-refractivity contribution in [1.29, 1.82) is 0 Å². The van der Waals surface area contributed by atoms with Crippen LogP contribution in [0.4, 0.5) is 11.9 Å². The summed E-state index contributed by atoms with van der Waals surface area (Å²) in [5, 5.41) is 3.14. The van der Waals surface area contributed by atoms with Gasteiger partial charge >= 0.3 is 6.01 Å². The van der Waals surface area contributed by atoms with E-state index >= 15 is 0 Å². The molecule has 1 aliphatic heterocycles. The minimum absolute atomic E-state index is 0.387. The van der Waals surface area contributed by atoms with Gasteiger partial charge < -0.3 is 15.0 Å². The summed E-state index contributed by atoms with van der Waals surface area (Å²) in [6.07, 6.45) is 0. The Hall–Kier alpha value is -1.63. The Morgan fingerprint density at radius 2 is 1.81 bits per heavy atom. The largest absolute Gasteiger partial charge is 0.464 e. The Bertz CT molecular complexity index is 433. The molecule has 0 aromatic carbocycles. The van der Waals surface area contributed by atoms with Gasteiger partial charge in [-0.2, -0.15) is 15.0 Å². The molecule has 1 N–H and O–H groups in total. The zero-order chi connectivity index (χ0) is 15.4. The van der Waals surface area contributed by atoms with Crippen LogP contribution in [-0.2, 0) is 0 Å². The number of likely N-dealkylation sites (N-methyl/N-ethyl adjacent to an activating group) is 1. The quantitative estimate of drug-likeness (QED) is 0.876. The molecule has 0 saturated carbocycles. The highest BCUT2D eigenvalue weighted by Gasteiger charge is 2.28. The van der Waals surface area contributed by atoms with E-state index in [1.54, 1.807) is 0 Å². The van der Waals surface area contributed by atoms with Crippen LogP contribution in [0.15, 0.2) is 0 Å². The van der Waals surface area contributed by atoms with Crippen molar-refractivity contribution in [3.8, 4) is 6.01 Å². The summed E-state index contributed by atoms with van der Waals surface area (Å²) in [7, 11) is 2.16. The summed E-state index contributed by atoms with van der Waals surface area (Å²) in [5.41, 5.74) is 0. The molecule has 0 spiro atoms. The number of anilines is 2. The second-order valence-corrected chi connectivity index (χ2v) is 5.47. The number of nitrogens with zero attached hydrogens (tertiary/aromatic N) is 5. The van der Waals surface area contributed by atoms with Crippen LogP contribution in [0.5, 0.6) is 6.01 Å². The first-order valence-electron chi connectivity index (χ1n) is 7.64. The van der Waals surface area contributed by atoms with Crippen molar-refractivity contribution in [2.45, 2.75) is 39.8 Å². The van der Waals surface area contributed by atoms with Gasteiger partial charge in [0, 0.05) is 31.7 Å². The number of hydrogen-bond acceptors (Lipinski definition) is 7. The molecule has 2 atom stereocenters. The third-order valence-electron chi connectivity index (χ3n) is 3.85. The molecule has 7 nitrogen and oxygen atoms in total. The second-order valence-electron chi connectivity index (χ2n) is 5.47. The molecule has 0 radical (unpaired) electrons.